The maximum Gasteiger partial charge on any atom is 0.354 e. The van der Waals surface area contributed by atoms with E-state index in [-0.39, 0.29) is 11.7 Å². The highest BCUT2D eigenvalue weighted by Gasteiger charge is 2.05. The zero-order valence-corrected chi connectivity index (χ0v) is 8.99. The van der Waals surface area contributed by atoms with Crippen LogP contribution >= 0.6 is 0 Å². The molecule has 0 aromatic carbocycles. The average Bonchev–Trinajstić information content (AvgIpc) is 2.39. The molecule has 0 atom stereocenters. The number of nitrogens with zero attached hydrogens (tertiary/aromatic N) is 3. The molecule has 2 rings (SSSR count). The van der Waals surface area contributed by atoms with Crippen molar-refractivity contribution < 1.29 is 14.6 Å². The van der Waals surface area contributed by atoms with Crippen LogP contribution in [0, 0.1) is 0 Å². The van der Waals surface area contributed by atoms with Gasteiger partial charge in [-0.1, -0.05) is 6.07 Å². The van der Waals surface area contributed by atoms with Crippen LogP contribution in [0.25, 0.3) is 11.1 Å². The predicted molar refractivity (Wildman–Crippen MR) is 58.8 cm³/mol. The van der Waals surface area contributed by atoms with Gasteiger partial charge in [-0.3, -0.25) is 0 Å². The van der Waals surface area contributed by atoms with Crippen LogP contribution in [0.2, 0.25) is 0 Å². The van der Waals surface area contributed by atoms with E-state index >= 15 is 0 Å². The van der Waals surface area contributed by atoms with Crippen LogP contribution in [-0.2, 0) is 0 Å². The standard InChI is InChI=1S/C11H9N3O3/c1-17-11-13-5-8(6-14-11)7-2-3-9(10(15)16)12-4-7/h2-6H,1H3,(H,15,16). The lowest BCUT2D eigenvalue weighted by atomic mass is 10.1. The van der Waals surface area contributed by atoms with E-state index < -0.39 is 5.97 Å². The normalized spacial score (nSPS) is 9.94. The fourth-order valence-corrected chi connectivity index (χ4v) is 1.26. The Bertz CT molecular complexity index is 523. The molecule has 0 unspecified atom stereocenters. The number of carbonyl (C=O) groups is 1. The number of carboxylic acid groups (broad SMARTS) is 1. The van der Waals surface area contributed by atoms with Crippen LogP contribution in [0.3, 0.4) is 0 Å². The number of rotatable bonds is 3. The van der Waals surface area contributed by atoms with E-state index in [1.54, 1.807) is 18.5 Å². The molecule has 0 aliphatic heterocycles. The Morgan fingerprint density at radius 1 is 1.12 bits per heavy atom. The van der Waals surface area contributed by atoms with Crippen molar-refractivity contribution in [2.75, 3.05) is 7.11 Å². The molecule has 0 fully saturated rings. The first-order chi connectivity index (χ1) is 8.20. The summed E-state index contributed by atoms with van der Waals surface area (Å²) in [5, 5.41) is 8.71. The van der Waals surface area contributed by atoms with E-state index in [0.29, 0.717) is 0 Å². The smallest absolute Gasteiger partial charge is 0.354 e. The monoisotopic (exact) mass is 231 g/mol. The van der Waals surface area contributed by atoms with Gasteiger partial charge in [0.1, 0.15) is 5.69 Å². The van der Waals surface area contributed by atoms with Crippen molar-refractivity contribution in [3.8, 4) is 17.1 Å². The SMILES string of the molecule is COc1ncc(-c2ccc(C(=O)O)nc2)cn1. The van der Waals surface area contributed by atoms with Crippen molar-refractivity contribution >= 4 is 5.97 Å². The molecule has 0 spiro atoms. The summed E-state index contributed by atoms with van der Waals surface area (Å²) < 4.78 is 4.84. The second kappa shape index (κ2) is 4.56. The van der Waals surface area contributed by atoms with Crippen LogP contribution in [0.5, 0.6) is 6.01 Å². The summed E-state index contributed by atoms with van der Waals surface area (Å²) in [5.74, 6) is -1.05. The zero-order chi connectivity index (χ0) is 12.3. The van der Waals surface area contributed by atoms with Crippen molar-refractivity contribution in [2.24, 2.45) is 0 Å². The Balaban J connectivity index is 2.29. The van der Waals surface area contributed by atoms with Crippen LogP contribution in [0.15, 0.2) is 30.7 Å². The summed E-state index contributed by atoms with van der Waals surface area (Å²) >= 11 is 0. The maximum atomic E-state index is 10.6. The predicted octanol–water partition coefficient (Wildman–Crippen LogP) is 1.25. The summed E-state index contributed by atoms with van der Waals surface area (Å²) in [5.41, 5.74) is 1.50. The first-order valence-corrected chi connectivity index (χ1v) is 4.76. The summed E-state index contributed by atoms with van der Waals surface area (Å²) in [4.78, 5) is 22.3. The third-order valence-electron chi connectivity index (χ3n) is 2.13. The minimum absolute atomic E-state index is 0.00294. The quantitative estimate of drug-likeness (QED) is 0.855. The summed E-state index contributed by atoms with van der Waals surface area (Å²) in [6, 6.07) is 3.37. The van der Waals surface area contributed by atoms with Gasteiger partial charge in [0, 0.05) is 29.7 Å². The molecule has 1 N–H and O–H groups in total. The third-order valence-corrected chi connectivity index (χ3v) is 2.13. The number of carboxylic acids is 1. The molecule has 6 nitrogen and oxygen atoms in total. The number of ether oxygens (including phenoxy) is 1. The van der Waals surface area contributed by atoms with E-state index in [1.165, 1.54) is 19.4 Å². The molecule has 86 valence electrons. The van der Waals surface area contributed by atoms with Gasteiger partial charge < -0.3 is 9.84 Å². The summed E-state index contributed by atoms with van der Waals surface area (Å²) in [7, 11) is 1.48. The largest absolute Gasteiger partial charge is 0.477 e. The van der Waals surface area contributed by atoms with E-state index in [1.807, 2.05) is 0 Å². The van der Waals surface area contributed by atoms with E-state index in [9.17, 15) is 4.79 Å². The van der Waals surface area contributed by atoms with Gasteiger partial charge in [-0.05, 0) is 6.07 Å². The molecule has 0 aliphatic carbocycles. The minimum Gasteiger partial charge on any atom is -0.477 e. The highest BCUT2D eigenvalue weighted by Crippen LogP contribution is 2.17. The van der Waals surface area contributed by atoms with E-state index in [2.05, 4.69) is 15.0 Å². The fraction of sp³-hybridized carbons (Fsp3) is 0.0909. The minimum atomic E-state index is -1.05. The van der Waals surface area contributed by atoms with Crippen molar-refractivity contribution in [1.82, 2.24) is 15.0 Å². The molecule has 2 heterocycles. The molecule has 0 aliphatic rings. The molecule has 0 radical (unpaired) electrons. The van der Waals surface area contributed by atoms with Gasteiger partial charge in [-0.2, -0.15) is 0 Å². The maximum absolute atomic E-state index is 10.6. The van der Waals surface area contributed by atoms with Gasteiger partial charge >= 0.3 is 12.0 Å². The van der Waals surface area contributed by atoms with Gasteiger partial charge in [0.15, 0.2) is 0 Å². The highest BCUT2D eigenvalue weighted by molar-refractivity contribution is 5.85. The average molecular weight is 231 g/mol. The lowest BCUT2D eigenvalue weighted by Crippen LogP contribution is -1.99. The molecular formula is C11H9N3O3. The van der Waals surface area contributed by atoms with E-state index in [4.69, 9.17) is 9.84 Å². The highest BCUT2D eigenvalue weighted by atomic mass is 16.5. The molecule has 17 heavy (non-hydrogen) atoms. The lowest BCUT2D eigenvalue weighted by molar-refractivity contribution is 0.0690. The van der Waals surface area contributed by atoms with Gasteiger partial charge in [-0.25, -0.2) is 19.7 Å². The van der Waals surface area contributed by atoms with Gasteiger partial charge in [0.25, 0.3) is 0 Å². The topological polar surface area (TPSA) is 85.2 Å². The third kappa shape index (κ3) is 2.36. The van der Waals surface area contributed by atoms with Crippen molar-refractivity contribution in [1.29, 1.82) is 0 Å². The molecule has 6 heteroatoms. The Hall–Kier alpha value is -2.50. The number of aromatic carboxylic acids is 1. The van der Waals surface area contributed by atoms with Crippen LogP contribution in [-0.4, -0.2) is 33.1 Å². The van der Waals surface area contributed by atoms with Gasteiger partial charge in [0.2, 0.25) is 0 Å². The first-order valence-electron chi connectivity index (χ1n) is 4.76. The number of aromatic nitrogens is 3. The molecule has 0 saturated heterocycles. The number of hydrogen-bond donors (Lipinski definition) is 1. The molecule has 0 amide bonds. The van der Waals surface area contributed by atoms with Crippen molar-refractivity contribution in [3.63, 3.8) is 0 Å². The van der Waals surface area contributed by atoms with E-state index in [0.717, 1.165) is 11.1 Å². The molecule has 0 bridgehead atoms. The molecular weight excluding hydrogens is 222 g/mol. The van der Waals surface area contributed by atoms with Crippen molar-refractivity contribution in [3.05, 3.63) is 36.4 Å². The first kappa shape index (κ1) is 11.0. The fourth-order valence-electron chi connectivity index (χ4n) is 1.26. The molecule has 2 aromatic heterocycles. The zero-order valence-electron chi connectivity index (χ0n) is 8.99. The van der Waals surface area contributed by atoms with Gasteiger partial charge in [0.05, 0.1) is 7.11 Å². The van der Waals surface area contributed by atoms with Crippen LogP contribution in [0.1, 0.15) is 10.5 Å². The number of pyridine rings is 1. The number of methoxy groups -OCH3 is 1. The molecule has 2 aromatic rings. The lowest BCUT2D eigenvalue weighted by Gasteiger charge is -2.01. The summed E-state index contributed by atoms with van der Waals surface area (Å²) in [6.45, 7) is 0. The Labute approximate surface area is 96.9 Å². The van der Waals surface area contributed by atoms with Crippen molar-refractivity contribution in [2.45, 2.75) is 0 Å². The Morgan fingerprint density at radius 2 is 1.76 bits per heavy atom. The Kier molecular flexibility index (Phi) is 2.95. The van der Waals surface area contributed by atoms with Crippen LogP contribution < -0.4 is 4.74 Å². The second-order valence-electron chi connectivity index (χ2n) is 3.20. The molecule has 0 saturated carbocycles. The van der Waals surface area contributed by atoms with Crippen LogP contribution in [0.4, 0.5) is 0 Å². The summed E-state index contributed by atoms with van der Waals surface area (Å²) in [6.07, 6.45) is 4.64. The van der Waals surface area contributed by atoms with Gasteiger partial charge in [-0.15, -0.1) is 0 Å². The number of hydrogen-bond acceptors (Lipinski definition) is 5. The Morgan fingerprint density at radius 3 is 2.24 bits per heavy atom. The second-order valence-corrected chi connectivity index (χ2v) is 3.20.